The molecule has 0 bridgehead atoms. The van der Waals surface area contributed by atoms with E-state index in [9.17, 15) is 0 Å². The van der Waals surface area contributed by atoms with Gasteiger partial charge in [0, 0.05) is 6.54 Å². The zero-order valence-corrected chi connectivity index (χ0v) is 8.54. The molecule has 2 heteroatoms. The first-order chi connectivity index (χ1) is 6.79. The van der Waals surface area contributed by atoms with Crippen molar-refractivity contribution in [1.29, 1.82) is 5.26 Å². The molecule has 0 aliphatic heterocycles. The van der Waals surface area contributed by atoms with Crippen LogP contribution in [-0.4, -0.2) is 13.6 Å². The van der Waals surface area contributed by atoms with Crippen molar-refractivity contribution in [2.24, 2.45) is 0 Å². The van der Waals surface area contributed by atoms with Gasteiger partial charge < -0.3 is 5.32 Å². The zero-order chi connectivity index (χ0) is 10.4. The number of nitrogens with one attached hydrogen (secondary N) is 1. The van der Waals surface area contributed by atoms with Gasteiger partial charge in [0.2, 0.25) is 0 Å². The Morgan fingerprint density at radius 3 is 2.93 bits per heavy atom. The fourth-order valence-corrected chi connectivity index (χ4v) is 1.26. The van der Waals surface area contributed by atoms with Crippen LogP contribution < -0.4 is 5.32 Å². The molecule has 0 fully saturated rings. The van der Waals surface area contributed by atoms with E-state index in [1.807, 2.05) is 44.3 Å². The maximum atomic E-state index is 8.83. The summed E-state index contributed by atoms with van der Waals surface area (Å²) >= 11 is 0. The van der Waals surface area contributed by atoms with Gasteiger partial charge in [-0.05, 0) is 31.2 Å². The molecular weight excluding hydrogens is 172 g/mol. The highest BCUT2D eigenvalue weighted by Crippen LogP contribution is 2.13. The largest absolute Gasteiger partial charge is 0.316 e. The Labute approximate surface area is 84.9 Å². The zero-order valence-electron chi connectivity index (χ0n) is 8.54. The van der Waals surface area contributed by atoms with Crippen LogP contribution in [0, 0.1) is 18.3 Å². The molecule has 14 heavy (non-hydrogen) atoms. The molecule has 2 nitrogen and oxygen atoms in total. The van der Waals surface area contributed by atoms with E-state index in [1.54, 1.807) is 0 Å². The van der Waals surface area contributed by atoms with Crippen molar-refractivity contribution in [3.8, 4) is 6.07 Å². The summed E-state index contributed by atoms with van der Waals surface area (Å²) in [4.78, 5) is 0. The smallest absolute Gasteiger partial charge is 0.0994 e. The SMILES string of the molecule is CNCC=Cc1cccc(C#N)c1C. The van der Waals surface area contributed by atoms with Crippen LogP contribution in [0.25, 0.3) is 6.08 Å². The number of benzene rings is 1. The Bertz CT molecular complexity index is 372. The average molecular weight is 186 g/mol. The number of nitriles is 1. The number of nitrogens with zero attached hydrogens (tertiary/aromatic N) is 1. The second-order valence-electron chi connectivity index (χ2n) is 3.09. The molecule has 0 aliphatic rings. The van der Waals surface area contributed by atoms with Gasteiger partial charge in [0.05, 0.1) is 11.6 Å². The van der Waals surface area contributed by atoms with Crippen LogP contribution in [0.1, 0.15) is 16.7 Å². The van der Waals surface area contributed by atoms with Crippen LogP contribution in [0.4, 0.5) is 0 Å². The lowest BCUT2D eigenvalue weighted by molar-refractivity contribution is 0.922. The summed E-state index contributed by atoms with van der Waals surface area (Å²) in [5.41, 5.74) is 2.90. The van der Waals surface area contributed by atoms with Crippen LogP contribution in [0.5, 0.6) is 0 Å². The molecule has 0 atom stereocenters. The summed E-state index contributed by atoms with van der Waals surface area (Å²) in [6, 6.07) is 7.94. The van der Waals surface area contributed by atoms with Gasteiger partial charge in [0.15, 0.2) is 0 Å². The van der Waals surface area contributed by atoms with Gasteiger partial charge in [-0.3, -0.25) is 0 Å². The molecule has 0 amide bonds. The molecule has 1 rings (SSSR count). The van der Waals surface area contributed by atoms with Crippen molar-refractivity contribution < 1.29 is 0 Å². The first kappa shape index (κ1) is 10.5. The van der Waals surface area contributed by atoms with E-state index in [0.29, 0.717) is 0 Å². The quantitative estimate of drug-likeness (QED) is 0.784. The number of rotatable bonds is 3. The molecule has 0 aliphatic carbocycles. The minimum Gasteiger partial charge on any atom is -0.316 e. The lowest BCUT2D eigenvalue weighted by atomic mass is 10.0. The monoisotopic (exact) mass is 186 g/mol. The van der Waals surface area contributed by atoms with Gasteiger partial charge in [-0.2, -0.15) is 5.26 Å². The standard InChI is InChI=1S/C12H14N2/c1-10-11(7-4-8-14-2)5-3-6-12(10)9-13/h3-7,14H,8H2,1-2H3. The normalized spacial score (nSPS) is 10.4. The Morgan fingerprint density at radius 1 is 1.50 bits per heavy atom. The van der Waals surface area contributed by atoms with E-state index in [-0.39, 0.29) is 0 Å². The summed E-state index contributed by atoms with van der Waals surface area (Å²) in [5, 5.41) is 11.9. The first-order valence-electron chi connectivity index (χ1n) is 4.60. The second kappa shape index (κ2) is 5.21. The molecule has 1 aromatic rings. The minimum atomic E-state index is 0.747. The molecule has 0 saturated heterocycles. The number of hydrogen-bond acceptors (Lipinski definition) is 2. The van der Waals surface area contributed by atoms with Crippen molar-refractivity contribution in [2.45, 2.75) is 6.92 Å². The molecule has 0 saturated carbocycles. The predicted octanol–water partition coefficient (Wildman–Crippen LogP) is 2.10. The van der Waals surface area contributed by atoms with Crippen LogP contribution in [0.2, 0.25) is 0 Å². The van der Waals surface area contributed by atoms with Crippen LogP contribution >= 0.6 is 0 Å². The summed E-state index contributed by atoms with van der Waals surface area (Å²) in [6.07, 6.45) is 4.08. The van der Waals surface area contributed by atoms with E-state index in [0.717, 1.165) is 23.2 Å². The lowest BCUT2D eigenvalue weighted by Gasteiger charge is -2.01. The summed E-state index contributed by atoms with van der Waals surface area (Å²) in [6.45, 7) is 2.81. The molecular formula is C12H14N2. The third-order valence-electron chi connectivity index (χ3n) is 2.12. The highest BCUT2D eigenvalue weighted by atomic mass is 14.8. The predicted molar refractivity (Wildman–Crippen MR) is 58.9 cm³/mol. The van der Waals surface area contributed by atoms with Gasteiger partial charge in [-0.1, -0.05) is 24.3 Å². The van der Waals surface area contributed by atoms with E-state index in [2.05, 4.69) is 11.4 Å². The van der Waals surface area contributed by atoms with Gasteiger partial charge in [0.25, 0.3) is 0 Å². The number of hydrogen-bond donors (Lipinski definition) is 1. The summed E-state index contributed by atoms with van der Waals surface area (Å²) in [5.74, 6) is 0. The molecule has 0 heterocycles. The molecule has 72 valence electrons. The van der Waals surface area contributed by atoms with Gasteiger partial charge in [-0.25, -0.2) is 0 Å². The maximum absolute atomic E-state index is 8.83. The molecule has 0 spiro atoms. The van der Waals surface area contributed by atoms with Gasteiger partial charge in [-0.15, -0.1) is 0 Å². The van der Waals surface area contributed by atoms with E-state index in [4.69, 9.17) is 5.26 Å². The van der Waals surface area contributed by atoms with Gasteiger partial charge >= 0.3 is 0 Å². The fraction of sp³-hybridized carbons (Fsp3) is 0.250. The summed E-state index contributed by atoms with van der Waals surface area (Å²) in [7, 11) is 1.91. The molecule has 1 aromatic carbocycles. The fourth-order valence-electron chi connectivity index (χ4n) is 1.26. The van der Waals surface area contributed by atoms with Crippen LogP contribution in [0.3, 0.4) is 0 Å². The highest BCUT2D eigenvalue weighted by Gasteiger charge is 1.99. The Morgan fingerprint density at radius 2 is 2.29 bits per heavy atom. The topological polar surface area (TPSA) is 35.8 Å². The Kier molecular flexibility index (Phi) is 3.90. The Balaban J connectivity index is 2.94. The van der Waals surface area contributed by atoms with E-state index >= 15 is 0 Å². The van der Waals surface area contributed by atoms with Gasteiger partial charge in [0.1, 0.15) is 0 Å². The molecule has 0 unspecified atom stereocenters. The van der Waals surface area contributed by atoms with Crippen LogP contribution in [0.15, 0.2) is 24.3 Å². The van der Waals surface area contributed by atoms with Crippen LogP contribution in [-0.2, 0) is 0 Å². The molecule has 1 N–H and O–H groups in total. The van der Waals surface area contributed by atoms with Crippen molar-refractivity contribution in [3.63, 3.8) is 0 Å². The van der Waals surface area contributed by atoms with Crippen molar-refractivity contribution in [3.05, 3.63) is 41.0 Å². The van der Waals surface area contributed by atoms with Crippen molar-refractivity contribution in [1.82, 2.24) is 5.32 Å². The van der Waals surface area contributed by atoms with E-state index in [1.165, 1.54) is 0 Å². The van der Waals surface area contributed by atoms with E-state index < -0.39 is 0 Å². The molecule has 0 radical (unpaired) electrons. The minimum absolute atomic E-state index is 0.747. The lowest BCUT2D eigenvalue weighted by Crippen LogP contribution is -2.03. The summed E-state index contributed by atoms with van der Waals surface area (Å²) < 4.78 is 0. The third kappa shape index (κ3) is 2.45. The van der Waals surface area contributed by atoms with Crippen molar-refractivity contribution >= 4 is 6.08 Å². The van der Waals surface area contributed by atoms with Crippen molar-refractivity contribution in [2.75, 3.05) is 13.6 Å². The maximum Gasteiger partial charge on any atom is 0.0994 e. The highest BCUT2D eigenvalue weighted by molar-refractivity contribution is 5.57. The number of likely N-dealkylation sites (N-methyl/N-ethyl adjacent to an activating group) is 1. The second-order valence-corrected chi connectivity index (χ2v) is 3.09. The Hall–Kier alpha value is -1.59. The first-order valence-corrected chi connectivity index (χ1v) is 4.60. The average Bonchev–Trinajstić information content (AvgIpc) is 2.21. The third-order valence-corrected chi connectivity index (χ3v) is 2.12. The molecule has 0 aromatic heterocycles.